The van der Waals surface area contributed by atoms with E-state index in [4.69, 9.17) is 0 Å². The molecule has 1 heteroatoms. The van der Waals surface area contributed by atoms with Crippen molar-refractivity contribution in [1.29, 1.82) is 0 Å². The third-order valence-electron chi connectivity index (χ3n) is 2.41. The Morgan fingerprint density at radius 3 is 1.47 bits per heavy atom. The molecule has 1 N–H and O–H groups in total. The molecule has 0 atom stereocenters. The van der Waals surface area contributed by atoms with E-state index in [0.717, 1.165) is 0 Å². The van der Waals surface area contributed by atoms with Gasteiger partial charge in [-0.1, -0.05) is 50.2 Å². The molecule has 0 radical (unpaired) electrons. The number of hydrogen-bond donors (Lipinski definition) is 1. The van der Waals surface area contributed by atoms with Gasteiger partial charge in [-0.15, -0.1) is 13.2 Å². The third kappa shape index (κ3) is 2.56. The van der Waals surface area contributed by atoms with E-state index in [1.165, 1.54) is 21.8 Å². The lowest BCUT2D eigenvalue weighted by molar-refractivity contribution is 1.50. The summed E-state index contributed by atoms with van der Waals surface area (Å²) in [4.78, 5) is 3.38. The summed E-state index contributed by atoms with van der Waals surface area (Å²) < 4.78 is 0. The second kappa shape index (κ2) is 6.54. The minimum Gasteiger partial charge on any atom is -0.355 e. The van der Waals surface area contributed by atoms with Crippen LogP contribution in [0.5, 0.6) is 0 Å². The van der Waals surface area contributed by atoms with Gasteiger partial charge in [0.15, 0.2) is 0 Å². The molecule has 0 aliphatic heterocycles. The molecule has 17 heavy (non-hydrogen) atoms. The molecule has 0 saturated heterocycles. The van der Waals surface area contributed by atoms with Gasteiger partial charge in [0.1, 0.15) is 0 Å². The van der Waals surface area contributed by atoms with E-state index in [-0.39, 0.29) is 0 Å². The van der Waals surface area contributed by atoms with Crippen molar-refractivity contribution < 1.29 is 0 Å². The lowest BCUT2D eigenvalue weighted by atomic mass is 10.2. The van der Waals surface area contributed by atoms with Crippen LogP contribution in [0.4, 0.5) is 0 Å². The Morgan fingerprint density at radius 2 is 1.06 bits per heavy atom. The van der Waals surface area contributed by atoms with Gasteiger partial charge in [0.25, 0.3) is 0 Å². The number of fused-ring (bicyclic) bond motifs is 3. The van der Waals surface area contributed by atoms with Crippen molar-refractivity contribution in [2.75, 3.05) is 0 Å². The van der Waals surface area contributed by atoms with Crippen molar-refractivity contribution in [3.05, 3.63) is 61.7 Å². The van der Waals surface area contributed by atoms with Gasteiger partial charge in [0.2, 0.25) is 0 Å². The molecular weight excluding hydrogens is 206 g/mol. The fourth-order valence-corrected chi connectivity index (χ4v) is 1.80. The SMILES string of the molecule is C=C.CC.c1ccc2c(c1)[nH]c1ccccc12. The van der Waals surface area contributed by atoms with Crippen LogP contribution < -0.4 is 0 Å². The average molecular weight is 225 g/mol. The first kappa shape index (κ1) is 13.0. The summed E-state index contributed by atoms with van der Waals surface area (Å²) in [5.74, 6) is 0. The van der Waals surface area contributed by atoms with Gasteiger partial charge in [-0.25, -0.2) is 0 Å². The average Bonchev–Trinajstić information content (AvgIpc) is 2.82. The molecule has 0 unspecified atom stereocenters. The van der Waals surface area contributed by atoms with Crippen LogP contribution in [0.3, 0.4) is 0 Å². The molecule has 2 aromatic carbocycles. The van der Waals surface area contributed by atoms with E-state index in [1.54, 1.807) is 0 Å². The molecule has 0 spiro atoms. The van der Waals surface area contributed by atoms with Gasteiger partial charge in [-0.3, -0.25) is 0 Å². The first-order valence-electron chi connectivity index (χ1n) is 5.90. The monoisotopic (exact) mass is 225 g/mol. The van der Waals surface area contributed by atoms with Gasteiger partial charge >= 0.3 is 0 Å². The van der Waals surface area contributed by atoms with Crippen molar-refractivity contribution >= 4 is 21.8 Å². The van der Waals surface area contributed by atoms with E-state index >= 15 is 0 Å². The van der Waals surface area contributed by atoms with E-state index in [0.29, 0.717) is 0 Å². The van der Waals surface area contributed by atoms with Gasteiger partial charge in [-0.2, -0.15) is 0 Å². The predicted octanol–water partition coefficient (Wildman–Crippen LogP) is 5.15. The second-order valence-corrected chi connectivity index (χ2v) is 3.22. The van der Waals surface area contributed by atoms with E-state index in [1.807, 2.05) is 13.8 Å². The van der Waals surface area contributed by atoms with Gasteiger partial charge < -0.3 is 4.98 Å². The molecule has 88 valence electrons. The first-order valence-corrected chi connectivity index (χ1v) is 5.90. The smallest absolute Gasteiger partial charge is 0.0464 e. The maximum absolute atomic E-state index is 3.38. The van der Waals surface area contributed by atoms with Crippen LogP contribution in [0.2, 0.25) is 0 Å². The van der Waals surface area contributed by atoms with Crippen molar-refractivity contribution in [3.8, 4) is 0 Å². The van der Waals surface area contributed by atoms with Crippen molar-refractivity contribution in [2.24, 2.45) is 0 Å². The van der Waals surface area contributed by atoms with E-state index < -0.39 is 0 Å². The van der Waals surface area contributed by atoms with Gasteiger partial charge in [0, 0.05) is 21.8 Å². The Hall–Kier alpha value is -2.02. The predicted molar refractivity (Wildman–Crippen MR) is 78.4 cm³/mol. The largest absolute Gasteiger partial charge is 0.355 e. The molecule has 1 heterocycles. The highest BCUT2D eigenvalue weighted by Crippen LogP contribution is 2.24. The van der Waals surface area contributed by atoms with Crippen LogP contribution in [0.25, 0.3) is 21.8 Å². The second-order valence-electron chi connectivity index (χ2n) is 3.22. The van der Waals surface area contributed by atoms with Crippen molar-refractivity contribution in [2.45, 2.75) is 13.8 Å². The number of nitrogens with one attached hydrogen (secondary N) is 1. The standard InChI is InChI=1S/C12H9N.C2H6.C2H4/c1-3-7-11-9(5-1)10-6-2-4-8-12(10)13-11;2*1-2/h1-8,13H;1-2H3;1-2H2. The summed E-state index contributed by atoms with van der Waals surface area (Å²) in [6.45, 7) is 10.0. The molecule has 3 aromatic rings. The zero-order chi connectivity index (χ0) is 12.7. The lowest BCUT2D eigenvalue weighted by Crippen LogP contribution is -1.62. The van der Waals surface area contributed by atoms with Crippen molar-refractivity contribution in [1.82, 2.24) is 4.98 Å². The van der Waals surface area contributed by atoms with E-state index in [2.05, 4.69) is 66.7 Å². The van der Waals surface area contributed by atoms with Crippen LogP contribution in [0, 0.1) is 0 Å². The minimum atomic E-state index is 1.21. The van der Waals surface area contributed by atoms with Crippen LogP contribution in [-0.2, 0) is 0 Å². The summed E-state index contributed by atoms with van der Waals surface area (Å²) in [6.07, 6.45) is 0. The number of aromatic amines is 1. The quantitative estimate of drug-likeness (QED) is 0.509. The number of hydrogen-bond acceptors (Lipinski definition) is 0. The topological polar surface area (TPSA) is 15.8 Å². The zero-order valence-electron chi connectivity index (χ0n) is 10.5. The maximum Gasteiger partial charge on any atom is 0.0464 e. The number of H-pyrrole nitrogens is 1. The zero-order valence-corrected chi connectivity index (χ0v) is 10.5. The summed E-state index contributed by atoms with van der Waals surface area (Å²) in [5.41, 5.74) is 2.42. The van der Waals surface area contributed by atoms with Crippen LogP contribution in [0.15, 0.2) is 61.7 Å². The maximum atomic E-state index is 3.38. The molecule has 0 aliphatic rings. The summed E-state index contributed by atoms with van der Waals surface area (Å²) >= 11 is 0. The Labute approximate surface area is 103 Å². The number of aromatic nitrogens is 1. The van der Waals surface area contributed by atoms with Crippen LogP contribution in [0.1, 0.15) is 13.8 Å². The Kier molecular flexibility index (Phi) is 5.02. The fraction of sp³-hybridized carbons (Fsp3) is 0.125. The third-order valence-corrected chi connectivity index (χ3v) is 2.41. The number of para-hydroxylation sites is 2. The highest BCUT2D eigenvalue weighted by atomic mass is 14.7. The minimum absolute atomic E-state index is 1.21. The molecule has 3 rings (SSSR count). The molecule has 0 fully saturated rings. The highest BCUT2D eigenvalue weighted by Gasteiger charge is 2.00. The molecular formula is C16H19N. The Bertz CT molecular complexity index is 528. The van der Waals surface area contributed by atoms with Crippen LogP contribution in [-0.4, -0.2) is 4.98 Å². The van der Waals surface area contributed by atoms with Gasteiger partial charge in [-0.05, 0) is 12.1 Å². The summed E-state index contributed by atoms with van der Waals surface area (Å²) in [7, 11) is 0. The first-order chi connectivity index (χ1) is 8.45. The molecule has 1 aromatic heterocycles. The molecule has 0 aliphatic carbocycles. The van der Waals surface area contributed by atoms with Crippen LogP contribution >= 0.6 is 0 Å². The molecule has 0 amide bonds. The number of rotatable bonds is 0. The Balaban J connectivity index is 0.000000330. The molecule has 0 saturated carbocycles. The molecule has 1 nitrogen and oxygen atoms in total. The summed E-state index contributed by atoms with van der Waals surface area (Å²) in [6, 6.07) is 16.8. The normalized spacial score (nSPS) is 9.06. The highest BCUT2D eigenvalue weighted by molar-refractivity contribution is 6.06. The fourth-order valence-electron chi connectivity index (χ4n) is 1.80. The van der Waals surface area contributed by atoms with Crippen molar-refractivity contribution in [3.63, 3.8) is 0 Å². The van der Waals surface area contributed by atoms with E-state index in [9.17, 15) is 0 Å². The lowest BCUT2D eigenvalue weighted by Gasteiger charge is -1.87. The summed E-state index contributed by atoms with van der Waals surface area (Å²) in [5, 5.41) is 2.61. The van der Waals surface area contributed by atoms with Gasteiger partial charge in [0.05, 0.1) is 0 Å². The number of benzene rings is 2. The Morgan fingerprint density at radius 1 is 0.706 bits per heavy atom. The molecule has 0 bridgehead atoms.